The second-order valence-electron chi connectivity index (χ2n) is 5.42. The number of hydrogen-bond donors (Lipinski definition) is 0. The molecule has 1 nitrogen and oxygen atoms in total. The molecular weight excluding hydrogens is 242 g/mol. The highest BCUT2D eigenvalue weighted by Gasteiger charge is 2.13. The SMILES string of the molecule is CC(C)C(=Cc1ccc2c(c1)CCCN2C)CCl. The Labute approximate surface area is 115 Å². The Balaban J connectivity index is 2.31. The number of alkyl halides is 1. The van der Waals surface area contributed by atoms with Gasteiger partial charge in [0.15, 0.2) is 0 Å². The Morgan fingerprint density at radius 3 is 2.89 bits per heavy atom. The molecule has 0 radical (unpaired) electrons. The largest absolute Gasteiger partial charge is 0.374 e. The van der Waals surface area contributed by atoms with Crippen molar-refractivity contribution in [3.8, 4) is 0 Å². The third-order valence-electron chi connectivity index (χ3n) is 3.70. The van der Waals surface area contributed by atoms with Gasteiger partial charge in [0.1, 0.15) is 0 Å². The third kappa shape index (κ3) is 2.89. The third-order valence-corrected chi connectivity index (χ3v) is 4.01. The Morgan fingerprint density at radius 2 is 2.22 bits per heavy atom. The van der Waals surface area contributed by atoms with Crippen LogP contribution in [0.3, 0.4) is 0 Å². The summed E-state index contributed by atoms with van der Waals surface area (Å²) in [6, 6.07) is 6.77. The topological polar surface area (TPSA) is 3.24 Å². The summed E-state index contributed by atoms with van der Waals surface area (Å²) in [5.41, 5.74) is 5.44. The zero-order chi connectivity index (χ0) is 13.1. The van der Waals surface area contributed by atoms with E-state index in [0.29, 0.717) is 11.8 Å². The molecule has 1 aliphatic rings. The van der Waals surface area contributed by atoms with Crippen molar-refractivity contribution in [2.45, 2.75) is 26.7 Å². The van der Waals surface area contributed by atoms with Gasteiger partial charge in [-0.25, -0.2) is 0 Å². The molecule has 98 valence electrons. The smallest absolute Gasteiger partial charge is 0.0439 e. The zero-order valence-electron chi connectivity index (χ0n) is 11.5. The monoisotopic (exact) mass is 263 g/mol. The Morgan fingerprint density at radius 1 is 1.44 bits per heavy atom. The Hall–Kier alpha value is -0.950. The summed E-state index contributed by atoms with van der Waals surface area (Å²) in [5, 5.41) is 0. The first-order valence-electron chi connectivity index (χ1n) is 6.72. The van der Waals surface area contributed by atoms with E-state index in [9.17, 15) is 0 Å². The molecule has 0 bridgehead atoms. The number of hydrogen-bond acceptors (Lipinski definition) is 1. The lowest BCUT2D eigenvalue weighted by Crippen LogP contribution is -2.24. The molecule has 2 rings (SSSR count). The van der Waals surface area contributed by atoms with Crippen molar-refractivity contribution in [2.75, 3.05) is 24.4 Å². The molecule has 2 heteroatoms. The average Bonchev–Trinajstić information content (AvgIpc) is 2.35. The van der Waals surface area contributed by atoms with E-state index in [2.05, 4.69) is 50.1 Å². The van der Waals surface area contributed by atoms with Gasteiger partial charge in [-0.15, -0.1) is 11.6 Å². The van der Waals surface area contributed by atoms with Crippen LogP contribution in [0.4, 0.5) is 5.69 Å². The number of fused-ring (bicyclic) bond motifs is 1. The fraction of sp³-hybridized carbons (Fsp3) is 0.500. The number of allylic oxidation sites excluding steroid dienone is 1. The van der Waals surface area contributed by atoms with Crippen molar-refractivity contribution in [3.05, 3.63) is 34.9 Å². The quantitative estimate of drug-likeness (QED) is 0.733. The van der Waals surface area contributed by atoms with Crippen LogP contribution in [0.2, 0.25) is 0 Å². The minimum absolute atomic E-state index is 0.515. The molecule has 0 atom stereocenters. The predicted octanol–water partition coefficient (Wildman–Crippen LogP) is 4.35. The summed E-state index contributed by atoms with van der Waals surface area (Å²) in [6.07, 6.45) is 4.69. The molecule has 1 aliphatic heterocycles. The second-order valence-corrected chi connectivity index (χ2v) is 5.69. The van der Waals surface area contributed by atoms with Crippen LogP contribution >= 0.6 is 11.6 Å². The molecule has 0 spiro atoms. The lowest BCUT2D eigenvalue weighted by atomic mass is 9.97. The molecule has 0 unspecified atom stereocenters. The Bertz CT molecular complexity index is 448. The van der Waals surface area contributed by atoms with Gasteiger partial charge in [-0.05, 0) is 42.0 Å². The van der Waals surface area contributed by atoms with Gasteiger partial charge in [0.25, 0.3) is 0 Å². The van der Waals surface area contributed by atoms with E-state index in [1.807, 2.05) is 0 Å². The van der Waals surface area contributed by atoms with Crippen LogP contribution in [0.1, 0.15) is 31.4 Å². The van der Waals surface area contributed by atoms with E-state index < -0.39 is 0 Å². The molecule has 18 heavy (non-hydrogen) atoms. The first-order valence-corrected chi connectivity index (χ1v) is 7.25. The zero-order valence-corrected chi connectivity index (χ0v) is 12.3. The molecule has 0 N–H and O–H groups in total. The molecule has 1 heterocycles. The van der Waals surface area contributed by atoms with E-state index in [1.54, 1.807) is 0 Å². The van der Waals surface area contributed by atoms with Gasteiger partial charge in [-0.1, -0.05) is 31.6 Å². The highest BCUT2D eigenvalue weighted by atomic mass is 35.5. The van der Waals surface area contributed by atoms with Crippen LogP contribution in [-0.2, 0) is 6.42 Å². The van der Waals surface area contributed by atoms with Crippen molar-refractivity contribution in [1.29, 1.82) is 0 Å². The number of aryl methyl sites for hydroxylation is 1. The van der Waals surface area contributed by atoms with Crippen molar-refractivity contribution in [2.24, 2.45) is 5.92 Å². The normalized spacial score (nSPS) is 16.1. The van der Waals surface area contributed by atoms with E-state index in [-0.39, 0.29) is 0 Å². The van der Waals surface area contributed by atoms with Crippen LogP contribution in [0.25, 0.3) is 6.08 Å². The minimum atomic E-state index is 0.515. The Kier molecular flexibility index (Phi) is 4.34. The van der Waals surface area contributed by atoms with Crippen LogP contribution < -0.4 is 4.90 Å². The van der Waals surface area contributed by atoms with Crippen molar-refractivity contribution in [3.63, 3.8) is 0 Å². The van der Waals surface area contributed by atoms with Gasteiger partial charge < -0.3 is 4.90 Å². The molecule has 0 fully saturated rings. The van der Waals surface area contributed by atoms with Gasteiger partial charge in [-0.2, -0.15) is 0 Å². The number of rotatable bonds is 3. The van der Waals surface area contributed by atoms with E-state index in [0.717, 1.165) is 0 Å². The lowest BCUT2D eigenvalue weighted by molar-refractivity contribution is 0.744. The number of nitrogens with zero attached hydrogens (tertiary/aromatic N) is 1. The first-order chi connectivity index (χ1) is 8.61. The predicted molar refractivity (Wildman–Crippen MR) is 81.6 cm³/mol. The van der Waals surface area contributed by atoms with E-state index in [1.165, 1.54) is 41.8 Å². The number of benzene rings is 1. The van der Waals surface area contributed by atoms with Gasteiger partial charge in [0.05, 0.1) is 0 Å². The fourth-order valence-corrected chi connectivity index (χ4v) is 2.85. The summed E-state index contributed by atoms with van der Waals surface area (Å²) < 4.78 is 0. The van der Waals surface area contributed by atoms with Crippen LogP contribution in [-0.4, -0.2) is 19.5 Å². The number of anilines is 1. The van der Waals surface area contributed by atoms with Crippen LogP contribution in [0, 0.1) is 5.92 Å². The van der Waals surface area contributed by atoms with Crippen LogP contribution in [0.15, 0.2) is 23.8 Å². The highest BCUT2D eigenvalue weighted by Crippen LogP contribution is 2.28. The fourth-order valence-electron chi connectivity index (χ4n) is 2.47. The minimum Gasteiger partial charge on any atom is -0.374 e. The summed E-state index contributed by atoms with van der Waals surface area (Å²) >= 11 is 6.00. The summed E-state index contributed by atoms with van der Waals surface area (Å²) in [5.74, 6) is 1.13. The van der Waals surface area contributed by atoms with E-state index >= 15 is 0 Å². The first kappa shape index (κ1) is 13.5. The maximum atomic E-state index is 6.00. The maximum absolute atomic E-state index is 6.00. The average molecular weight is 264 g/mol. The molecular formula is C16H22ClN. The molecule has 0 aromatic heterocycles. The molecule has 1 aromatic carbocycles. The van der Waals surface area contributed by atoms with Crippen molar-refractivity contribution >= 4 is 23.4 Å². The highest BCUT2D eigenvalue weighted by molar-refractivity contribution is 6.19. The molecule has 0 aliphatic carbocycles. The summed E-state index contributed by atoms with van der Waals surface area (Å²) in [6.45, 7) is 5.56. The maximum Gasteiger partial charge on any atom is 0.0439 e. The van der Waals surface area contributed by atoms with E-state index in [4.69, 9.17) is 11.6 Å². The molecule has 0 saturated heterocycles. The summed E-state index contributed by atoms with van der Waals surface area (Å²) in [4.78, 5) is 2.34. The molecule has 1 aromatic rings. The lowest BCUT2D eigenvalue weighted by Gasteiger charge is -2.27. The molecule has 0 amide bonds. The van der Waals surface area contributed by atoms with Crippen molar-refractivity contribution < 1.29 is 0 Å². The second kappa shape index (κ2) is 5.79. The number of halogens is 1. The van der Waals surface area contributed by atoms with Gasteiger partial charge in [-0.3, -0.25) is 0 Å². The van der Waals surface area contributed by atoms with Crippen molar-refractivity contribution in [1.82, 2.24) is 0 Å². The standard InChI is InChI=1S/C16H22ClN/c1-12(2)15(11-17)10-13-6-7-16-14(9-13)5-4-8-18(16)3/h6-7,9-10,12H,4-5,8,11H2,1-3H3. The van der Waals surface area contributed by atoms with Crippen LogP contribution in [0.5, 0.6) is 0 Å². The molecule has 0 saturated carbocycles. The summed E-state index contributed by atoms with van der Waals surface area (Å²) in [7, 11) is 2.17. The van der Waals surface area contributed by atoms with Gasteiger partial charge in [0, 0.05) is 25.2 Å². The van der Waals surface area contributed by atoms with Gasteiger partial charge >= 0.3 is 0 Å². The van der Waals surface area contributed by atoms with Gasteiger partial charge in [0.2, 0.25) is 0 Å².